The lowest BCUT2D eigenvalue weighted by atomic mass is 10.1. The van der Waals surface area contributed by atoms with Crippen LogP contribution in [-0.2, 0) is 14.4 Å². The topological polar surface area (TPSA) is 143 Å². The maximum atomic E-state index is 12.1. The number of hydrogen-bond acceptors (Lipinski definition) is 6. The maximum absolute atomic E-state index is 12.1. The summed E-state index contributed by atoms with van der Waals surface area (Å²) in [6, 6.07) is 0.849. The van der Waals surface area contributed by atoms with Gasteiger partial charge in [0.25, 0.3) is 0 Å². The van der Waals surface area contributed by atoms with Gasteiger partial charge in [-0.3, -0.25) is 19.4 Å². The molecule has 1 aliphatic rings. The molecule has 9 heteroatoms. The Morgan fingerprint density at radius 3 is 2.72 bits per heavy atom. The largest absolute Gasteiger partial charge is 0.346 e. The van der Waals surface area contributed by atoms with Crippen molar-refractivity contribution in [3.8, 4) is 0 Å². The smallest absolute Gasteiger partial charge is 0.243 e. The molecule has 0 radical (unpaired) electrons. The molecule has 1 saturated heterocycles. The maximum Gasteiger partial charge on any atom is 0.243 e. The number of nitrogens with one attached hydrogen (secondary N) is 2. The van der Waals surface area contributed by atoms with Crippen molar-refractivity contribution in [3.05, 3.63) is 36.7 Å². The highest BCUT2D eigenvalue weighted by molar-refractivity contribution is 5.95. The third-order valence-corrected chi connectivity index (χ3v) is 4.65. The first-order valence-electron chi connectivity index (χ1n) is 9.45. The quantitative estimate of drug-likeness (QED) is 0.462. The zero-order valence-electron chi connectivity index (χ0n) is 16.4. The van der Waals surface area contributed by atoms with E-state index >= 15 is 0 Å². The summed E-state index contributed by atoms with van der Waals surface area (Å²) in [5, 5.41) is 5.12. The second-order valence-electron chi connectivity index (χ2n) is 6.91. The van der Waals surface area contributed by atoms with E-state index in [1.807, 2.05) is 0 Å². The van der Waals surface area contributed by atoms with E-state index < -0.39 is 17.9 Å². The van der Waals surface area contributed by atoms with Gasteiger partial charge in [-0.2, -0.15) is 0 Å². The number of nitrogens with two attached hydrogens (primary N) is 2. The fourth-order valence-corrected chi connectivity index (χ4v) is 2.98. The van der Waals surface area contributed by atoms with Crippen LogP contribution >= 0.6 is 0 Å². The first kappa shape index (κ1) is 22.3. The number of amides is 3. The molecule has 156 valence electrons. The number of rotatable bonds is 9. The highest BCUT2D eigenvalue weighted by Gasteiger charge is 2.24. The second kappa shape index (κ2) is 10.5. The molecule has 2 unspecified atom stereocenters. The van der Waals surface area contributed by atoms with Gasteiger partial charge in [0.15, 0.2) is 0 Å². The predicted molar refractivity (Wildman–Crippen MR) is 112 cm³/mol. The van der Waals surface area contributed by atoms with Gasteiger partial charge < -0.3 is 27.0 Å². The van der Waals surface area contributed by atoms with Gasteiger partial charge in [0.05, 0.1) is 30.2 Å². The summed E-state index contributed by atoms with van der Waals surface area (Å²) in [5.74, 6) is -0.971. The molecule has 1 aliphatic heterocycles. The molecule has 0 spiro atoms. The minimum Gasteiger partial charge on any atom is -0.346 e. The molecule has 0 aromatic carbocycles. The fraction of sp³-hybridized carbons (Fsp3) is 0.400. The highest BCUT2D eigenvalue weighted by Crippen LogP contribution is 2.15. The Labute approximate surface area is 170 Å². The summed E-state index contributed by atoms with van der Waals surface area (Å²) in [4.78, 5) is 42.1. The molecule has 1 aromatic heterocycles. The third kappa shape index (κ3) is 6.51. The monoisotopic (exact) mass is 400 g/mol. The number of anilines is 1. The predicted octanol–water partition coefficient (Wildman–Crippen LogP) is 0.0894. The molecule has 0 aliphatic carbocycles. The van der Waals surface area contributed by atoms with Crippen LogP contribution in [0.4, 0.5) is 5.69 Å². The van der Waals surface area contributed by atoms with Crippen LogP contribution in [0.25, 0.3) is 12.2 Å². The number of hydrogen-bond donors (Lipinski definition) is 4. The Morgan fingerprint density at radius 2 is 2.10 bits per heavy atom. The number of likely N-dealkylation sites (tertiary alicyclic amines) is 1. The van der Waals surface area contributed by atoms with Gasteiger partial charge in [0.1, 0.15) is 0 Å². The van der Waals surface area contributed by atoms with Gasteiger partial charge in [-0.15, -0.1) is 0 Å². The summed E-state index contributed by atoms with van der Waals surface area (Å²) < 4.78 is 0. The van der Waals surface area contributed by atoms with Crippen LogP contribution in [0.3, 0.4) is 0 Å². The van der Waals surface area contributed by atoms with E-state index in [-0.39, 0.29) is 31.3 Å². The zero-order valence-corrected chi connectivity index (χ0v) is 16.4. The Kier molecular flexibility index (Phi) is 8.05. The molecule has 9 nitrogen and oxygen atoms in total. The Morgan fingerprint density at radius 1 is 1.34 bits per heavy atom. The van der Waals surface area contributed by atoms with Gasteiger partial charge in [0.2, 0.25) is 17.7 Å². The number of aromatic nitrogens is 1. The van der Waals surface area contributed by atoms with E-state index in [1.165, 1.54) is 6.20 Å². The van der Waals surface area contributed by atoms with Crippen molar-refractivity contribution in [1.29, 1.82) is 0 Å². The van der Waals surface area contributed by atoms with E-state index in [1.54, 1.807) is 23.1 Å². The van der Waals surface area contributed by atoms with Crippen molar-refractivity contribution in [2.75, 3.05) is 25.0 Å². The van der Waals surface area contributed by atoms with Crippen LogP contribution in [-0.4, -0.2) is 59.3 Å². The Bertz CT molecular complexity index is 794. The Balaban J connectivity index is 1.74. The van der Waals surface area contributed by atoms with Crippen LogP contribution in [0.1, 0.15) is 30.5 Å². The molecular formula is C20H28N6O3. The molecule has 0 bridgehead atoms. The molecule has 2 rings (SSSR count). The molecule has 3 amide bonds. The SMILES string of the molecule is C=Cc1cc(NC(=O)CNC(=O)C(N)CCC(=O)N2CCC(N)C2)cnc1C=C. The van der Waals surface area contributed by atoms with E-state index in [0.29, 0.717) is 24.5 Å². The van der Waals surface area contributed by atoms with E-state index in [4.69, 9.17) is 11.5 Å². The summed E-state index contributed by atoms with van der Waals surface area (Å²) in [5.41, 5.74) is 13.5. The average Bonchev–Trinajstić information content (AvgIpc) is 3.16. The minimum atomic E-state index is -0.871. The zero-order chi connectivity index (χ0) is 21.4. The molecule has 0 saturated carbocycles. The van der Waals surface area contributed by atoms with Crippen LogP contribution in [0, 0.1) is 0 Å². The molecule has 2 atom stereocenters. The minimum absolute atomic E-state index is 0.0140. The average molecular weight is 400 g/mol. The van der Waals surface area contributed by atoms with E-state index in [0.717, 1.165) is 12.0 Å². The lowest BCUT2D eigenvalue weighted by Gasteiger charge is -2.17. The molecular weight excluding hydrogens is 372 g/mol. The molecule has 6 N–H and O–H groups in total. The first-order valence-corrected chi connectivity index (χ1v) is 9.45. The Hall–Kier alpha value is -3.04. The van der Waals surface area contributed by atoms with Gasteiger partial charge in [-0.25, -0.2) is 0 Å². The highest BCUT2D eigenvalue weighted by atomic mass is 16.2. The number of carbonyl (C=O) groups excluding carboxylic acids is 3. The van der Waals surface area contributed by atoms with Crippen LogP contribution in [0.15, 0.2) is 25.4 Å². The third-order valence-electron chi connectivity index (χ3n) is 4.65. The van der Waals surface area contributed by atoms with Crippen molar-refractivity contribution in [2.24, 2.45) is 11.5 Å². The molecule has 1 aromatic rings. The standard InChI is InChI=1S/C20H28N6O3/c1-3-13-9-15(10-23-17(13)4-2)25-18(27)11-24-20(29)16(22)5-6-19(28)26-8-7-14(21)12-26/h3-4,9-10,14,16H,1-2,5-8,11-12,21-22H2,(H,24,29)(H,25,27). The molecule has 2 heterocycles. The van der Waals surface area contributed by atoms with Crippen molar-refractivity contribution < 1.29 is 14.4 Å². The van der Waals surface area contributed by atoms with E-state index in [2.05, 4.69) is 28.8 Å². The first-order chi connectivity index (χ1) is 13.8. The van der Waals surface area contributed by atoms with Crippen molar-refractivity contribution in [2.45, 2.75) is 31.3 Å². The van der Waals surface area contributed by atoms with Crippen LogP contribution in [0.5, 0.6) is 0 Å². The lowest BCUT2D eigenvalue weighted by molar-refractivity contribution is -0.130. The van der Waals surface area contributed by atoms with E-state index in [9.17, 15) is 14.4 Å². The second-order valence-corrected chi connectivity index (χ2v) is 6.91. The number of carbonyl (C=O) groups is 3. The van der Waals surface area contributed by atoms with Crippen LogP contribution in [0.2, 0.25) is 0 Å². The van der Waals surface area contributed by atoms with Gasteiger partial charge in [-0.1, -0.05) is 19.2 Å². The van der Waals surface area contributed by atoms with Gasteiger partial charge in [0, 0.05) is 31.1 Å². The molecule has 29 heavy (non-hydrogen) atoms. The summed E-state index contributed by atoms with van der Waals surface area (Å²) >= 11 is 0. The fourth-order valence-electron chi connectivity index (χ4n) is 2.98. The summed E-state index contributed by atoms with van der Waals surface area (Å²) in [6.45, 7) is 8.29. The lowest BCUT2D eigenvalue weighted by Crippen LogP contribution is -2.44. The summed E-state index contributed by atoms with van der Waals surface area (Å²) in [7, 11) is 0. The van der Waals surface area contributed by atoms with Crippen LogP contribution < -0.4 is 22.1 Å². The molecule has 1 fully saturated rings. The number of pyridine rings is 1. The van der Waals surface area contributed by atoms with Crippen molar-refractivity contribution in [1.82, 2.24) is 15.2 Å². The van der Waals surface area contributed by atoms with Gasteiger partial charge in [-0.05, 0) is 25.0 Å². The normalized spacial score (nSPS) is 16.8. The van der Waals surface area contributed by atoms with Gasteiger partial charge >= 0.3 is 0 Å². The van der Waals surface area contributed by atoms with Crippen molar-refractivity contribution in [3.63, 3.8) is 0 Å². The van der Waals surface area contributed by atoms with Crippen molar-refractivity contribution >= 4 is 35.6 Å². The number of nitrogens with zero attached hydrogens (tertiary/aromatic N) is 2. The summed E-state index contributed by atoms with van der Waals surface area (Å²) in [6.07, 6.45) is 5.84.